The molecule has 76 valence electrons. The maximum atomic E-state index is 13.3. The van der Waals surface area contributed by atoms with Gasteiger partial charge in [0.05, 0.1) is 12.9 Å². The topological polar surface area (TPSA) is 26.3 Å². The number of benzene rings is 1. The summed E-state index contributed by atoms with van der Waals surface area (Å²) in [6, 6.07) is 4.59. The van der Waals surface area contributed by atoms with Crippen molar-refractivity contribution in [3.8, 4) is 5.75 Å². The molecule has 0 atom stereocenters. The van der Waals surface area contributed by atoms with E-state index in [1.54, 1.807) is 12.1 Å². The van der Waals surface area contributed by atoms with Gasteiger partial charge in [0.15, 0.2) is 0 Å². The van der Waals surface area contributed by atoms with Crippen LogP contribution in [0, 0.1) is 5.82 Å². The molecule has 0 aliphatic carbocycles. The van der Waals surface area contributed by atoms with E-state index in [0.717, 1.165) is 0 Å². The molecule has 14 heavy (non-hydrogen) atoms. The third kappa shape index (κ3) is 3.03. The lowest BCUT2D eigenvalue weighted by atomic mass is 10.3. The summed E-state index contributed by atoms with van der Waals surface area (Å²) in [5.41, 5.74) is 0. The minimum atomic E-state index is -0.351. The van der Waals surface area contributed by atoms with Crippen molar-refractivity contribution in [1.29, 1.82) is 0 Å². The minimum absolute atomic E-state index is 0.0326. The third-order valence-corrected chi connectivity index (χ3v) is 2.76. The summed E-state index contributed by atoms with van der Waals surface area (Å²) in [6.45, 7) is 1.48. The minimum Gasteiger partial charge on any atom is -0.497 e. The molecule has 0 aliphatic rings. The lowest BCUT2D eigenvalue weighted by molar-refractivity contribution is -0.114. The molecule has 0 saturated heterocycles. The highest BCUT2D eigenvalue weighted by molar-refractivity contribution is 8.00. The summed E-state index contributed by atoms with van der Waals surface area (Å²) in [5.74, 6) is 0.457. The Morgan fingerprint density at radius 2 is 2.29 bits per heavy atom. The molecule has 0 N–H and O–H groups in total. The number of methoxy groups -OCH3 is 1. The van der Waals surface area contributed by atoms with Crippen LogP contribution in [-0.2, 0) is 4.79 Å². The van der Waals surface area contributed by atoms with Gasteiger partial charge in [-0.2, -0.15) is 0 Å². The zero-order valence-electron chi connectivity index (χ0n) is 8.04. The summed E-state index contributed by atoms with van der Waals surface area (Å²) < 4.78 is 18.1. The molecule has 0 saturated carbocycles. The van der Waals surface area contributed by atoms with Gasteiger partial charge in [-0.25, -0.2) is 4.39 Å². The molecule has 0 heterocycles. The van der Waals surface area contributed by atoms with Crippen LogP contribution in [0.25, 0.3) is 0 Å². The Labute approximate surface area is 86.5 Å². The number of hydrogen-bond acceptors (Lipinski definition) is 3. The summed E-state index contributed by atoms with van der Waals surface area (Å²) in [7, 11) is 1.48. The van der Waals surface area contributed by atoms with Crippen molar-refractivity contribution in [3.63, 3.8) is 0 Å². The monoisotopic (exact) mass is 214 g/mol. The maximum absolute atomic E-state index is 13.3. The summed E-state index contributed by atoms with van der Waals surface area (Å²) in [4.78, 5) is 11.2. The van der Waals surface area contributed by atoms with Crippen molar-refractivity contribution < 1.29 is 13.9 Å². The number of carbonyl (C=O) groups is 1. The van der Waals surface area contributed by atoms with Gasteiger partial charge in [0.2, 0.25) is 0 Å². The average Bonchev–Trinajstić information content (AvgIpc) is 2.15. The van der Waals surface area contributed by atoms with Crippen LogP contribution < -0.4 is 4.74 Å². The van der Waals surface area contributed by atoms with Gasteiger partial charge < -0.3 is 4.74 Å². The SMILES string of the molecule is COc1ccc(SCC(C)=O)c(F)c1. The van der Waals surface area contributed by atoms with E-state index in [-0.39, 0.29) is 11.6 Å². The second-order valence-corrected chi connectivity index (χ2v) is 3.80. The van der Waals surface area contributed by atoms with Gasteiger partial charge in [0.1, 0.15) is 17.3 Å². The lowest BCUT2D eigenvalue weighted by Crippen LogP contribution is -1.94. The van der Waals surface area contributed by atoms with E-state index in [0.29, 0.717) is 16.4 Å². The fourth-order valence-corrected chi connectivity index (χ4v) is 1.62. The molecule has 0 aromatic heterocycles. The molecule has 0 bridgehead atoms. The Morgan fingerprint density at radius 3 is 2.79 bits per heavy atom. The number of hydrogen-bond donors (Lipinski definition) is 0. The first-order valence-electron chi connectivity index (χ1n) is 4.09. The molecule has 0 amide bonds. The highest BCUT2D eigenvalue weighted by Crippen LogP contribution is 2.25. The Kier molecular flexibility index (Phi) is 3.95. The molecule has 4 heteroatoms. The summed E-state index contributed by atoms with van der Waals surface area (Å²) in [5, 5.41) is 0. The first-order valence-corrected chi connectivity index (χ1v) is 5.08. The number of thioether (sulfide) groups is 1. The van der Waals surface area contributed by atoms with Crippen LogP contribution in [0.5, 0.6) is 5.75 Å². The molecule has 0 radical (unpaired) electrons. The largest absolute Gasteiger partial charge is 0.497 e. The molecule has 0 unspecified atom stereocenters. The molecule has 1 rings (SSSR count). The van der Waals surface area contributed by atoms with Crippen molar-refractivity contribution in [2.45, 2.75) is 11.8 Å². The van der Waals surface area contributed by atoms with Gasteiger partial charge in [0.25, 0.3) is 0 Å². The number of carbonyl (C=O) groups excluding carboxylic acids is 1. The number of rotatable bonds is 4. The van der Waals surface area contributed by atoms with Gasteiger partial charge in [-0.3, -0.25) is 4.79 Å². The zero-order valence-corrected chi connectivity index (χ0v) is 8.86. The van der Waals surface area contributed by atoms with E-state index in [1.807, 2.05) is 0 Å². The highest BCUT2D eigenvalue weighted by atomic mass is 32.2. The molecular weight excluding hydrogens is 203 g/mol. The Morgan fingerprint density at radius 1 is 1.57 bits per heavy atom. The maximum Gasteiger partial charge on any atom is 0.140 e. The highest BCUT2D eigenvalue weighted by Gasteiger charge is 2.05. The molecule has 1 aromatic rings. The van der Waals surface area contributed by atoms with E-state index >= 15 is 0 Å². The number of ether oxygens (including phenoxy) is 1. The van der Waals surface area contributed by atoms with Crippen LogP contribution in [0.3, 0.4) is 0 Å². The van der Waals surface area contributed by atoms with E-state index in [4.69, 9.17) is 4.74 Å². The van der Waals surface area contributed by atoms with E-state index < -0.39 is 0 Å². The van der Waals surface area contributed by atoms with Gasteiger partial charge in [-0.05, 0) is 19.1 Å². The zero-order chi connectivity index (χ0) is 10.6. The third-order valence-electron chi connectivity index (χ3n) is 1.57. The molecule has 2 nitrogen and oxygen atoms in total. The van der Waals surface area contributed by atoms with Crippen molar-refractivity contribution in [3.05, 3.63) is 24.0 Å². The Balaban J connectivity index is 2.73. The van der Waals surface area contributed by atoms with Crippen LogP contribution in [-0.4, -0.2) is 18.6 Å². The number of Topliss-reactive ketones (excluding diaryl/α,β-unsaturated/α-hetero) is 1. The van der Waals surface area contributed by atoms with Crippen LogP contribution >= 0.6 is 11.8 Å². The Hall–Kier alpha value is -1.03. The van der Waals surface area contributed by atoms with Gasteiger partial charge in [-0.1, -0.05) is 0 Å². The van der Waals surface area contributed by atoms with Crippen molar-refractivity contribution in [2.24, 2.45) is 0 Å². The van der Waals surface area contributed by atoms with Crippen LogP contribution in [0.2, 0.25) is 0 Å². The summed E-state index contributed by atoms with van der Waals surface area (Å²) in [6.07, 6.45) is 0. The molecule has 1 aromatic carbocycles. The normalized spacial score (nSPS) is 9.93. The molecule has 0 spiro atoms. The van der Waals surface area contributed by atoms with Crippen molar-refractivity contribution in [1.82, 2.24) is 0 Å². The second kappa shape index (κ2) is 5.00. The summed E-state index contributed by atoms with van der Waals surface area (Å²) >= 11 is 1.19. The smallest absolute Gasteiger partial charge is 0.140 e. The fraction of sp³-hybridized carbons (Fsp3) is 0.300. The van der Waals surface area contributed by atoms with E-state index in [1.165, 1.54) is 31.9 Å². The predicted molar refractivity (Wildman–Crippen MR) is 54.4 cm³/mol. The van der Waals surface area contributed by atoms with Gasteiger partial charge >= 0.3 is 0 Å². The van der Waals surface area contributed by atoms with Crippen LogP contribution in [0.4, 0.5) is 4.39 Å². The quantitative estimate of drug-likeness (QED) is 0.720. The average molecular weight is 214 g/mol. The van der Waals surface area contributed by atoms with E-state index in [9.17, 15) is 9.18 Å². The first-order chi connectivity index (χ1) is 6.63. The van der Waals surface area contributed by atoms with Crippen molar-refractivity contribution >= 4 is 17.5 Å². The lowest BCUT2D eigenvalue weighted by Gasteiger charge is -2.03. The van der Waals surface area contributed by atoms with Crippen LogP contribution in [0.15, 0.2) is 23.1 Å². The van der Waals surface area contributed by atoms with Gasteiger partial charge in [-0.15, -0.1) is 11.8 Å². The van der Waals surface area contributed by atoms with Gasteiger partial charge in [0, 0.05) is 11.0 Å². The molecular formula is C10H11FO2S. The number of ketones is 1. The number of halogens is 1. The van der Waals surface area contributed by atoms with E-state index in [2.05, 4.69) is 0 Å². The van der Waals surface area contributed by atoms with Crippen molar-refractivity contribution in [2.75, 3.05) is 12.9 Å². The molecule has 0 aliphatic heterocycles. The second-order valence-electron chi connectivity index (χ2n) is 2.79. The standard InChI is InChI=1S/C10H11FO2S/c1-7(12)6-14-10-4-3-8(13-2)5-9(10)11/h3-5H,6H2,1-2H3. The first kappa shape index (κ1) is 11.0. The Bertz CT molecular complexity index is 339. The molecule has 0 fully saturated rings. The van der Waals surface area contributed by atoms with Crippen LogP contribution in [0.1, 0.15) is 6.92 Å². The predicted octanol–water partition coefficient (Wildman–Crippen LogP) is 2.52. The fourth-order valence-electron chi connectivity index (χ4n) is 0.905.